The number of hydrogen-bond acceptors (Lipinski definition) is 1. The zero-order valence-electron chi connectivity index (χ0n) is 7.72. The van der Waals surface area contributed by atoms with E-state index in [-0.39, 0.29) is 0 Å². The molecule has 0 heterocycles. The van der Waals surface area contributed by atoms with Gasteiger partial charge in [0.25, 0.3) is 0 Å². The van der Waals surface area contributed by atoms with Gasteiger partial charge in [-0.15, -0.1) is 0 Å². The lowest BCUT2D eigenvalue weighted by molar-refractivity contribution is 1.21. The number of aryl methyl sites for hydroxylation is 1. The van der Waals surface area contributed by atoms with Crippen molar-refractivity contribution in [1.82, 2.24) is 0 Å². The molecule has 64 valence electrons. The van der Waals surface area contributed by atoms with Crippen LogP contribution in [-0.4, -0.2) is 6.54 Å². The van der Waals surface area contributed by atoms with Gasteiger partial charge in [0, 0.05) is 12.2 Å². The predicted octanol–water partition coefficient (Wildman–Crippen LogP) is 3.07. The predicted molar refractivity (Wildman–Crippen MR) is 55.4 cm³/mol. The summed E-state index contributed by atoms with van der Waals surface area (Å²) in [4.78, 5) is 0. The van der Waals surface area contributed by atoms with Crippen LogP contribution in [0.3, 0.4) is 0 Å². The molecule has 0 amide bonds. The lowest BCUT2D eigenvalue weighted by Crippen LogP contribution is -1.98. The summed E-state index contributed by atoms with van der Waals surface area (Å²) in [6.07, 6.45) is 1.88. The average Bonchev–Trinajstić information content (AvgIpc) is 2.08. The zero-order chi connectivity index (χ0) is 8.97. The van der Waals surface area contributed by atoms with Crippen molar-refractivity contribution < 1.29 is 0 Å². The van der Waals surface area contributed by atoms with E-state index in [1.807, 2.05) is 6.08 Å². The summed E-state index contributed by atoms with van der Waals surface area (Å²) in [7, 11) is 0. The second kappa shape index (κ2) is 3.96. The van der Waals surface area contributed by atoms with E-state index in [4.69, 9.17) is 0 Å². The lowest BCUT2D eigenvalue weighted by atomic mass is 10.1. The topological polar surface area (TPSA) is 12.0 Å². The maximum absolute atomic E-state index is 3.77. The standard InChI is InChI=1S/C11H15N/c1-4-10-8-9(3)6-7-11(10)12-5-2/h4,6-8,12H,1,5H2,2-3H3. The fraction of sp³-hybridized carbons (Fsp3) is 0.273. The fourth-order valence-corrected chi connectivity index (χ4v) is 1.20. The Hall–Kier alpha value is -1.24. The maximum atomic E-state index is 3.77. The zero-order valence-corrected chi connectivity index (χ0v) is 7.72. The van der Waals surface area contributed by atoms with Crippen LogP contribution in [0.5, 0.6) is 0 Å². The van der Waals surface area contributed by atoms with Crippen LogP contribution in [0.1, 0.15) is 18.1 Å². The summed E-state index contributed by atoms with van der Waals surface area (Å²) in [5, 5.41) is 3.28. The minimum Gasteiger partial charge on any atom is -0.385 e. The average molecular weight is 161 g/mol. The summed E-state index contributed by atoms with van der Waals surface area (Å²) in [5.74, 6) is 0. The van der Waals surface area contributed by atoms with Crippen molar-refractivity contribution >= 4 is 11.8 Å². The highest BCUT2D eigenvalue weighted by molar-refractivity contribution is 5.66. The number of hydrogen-bond donors (Lipinski definition) is 1. The molecule has 0 unspecified atom stereocenters. The smallest absolute Gasteiger partial charge is 0.0413 e. The highest BCUT2D eigenvalue weighted by atomic mass is 14.9. The van der Waals surface area contributed by atoms with Gasteiger partial charge in [-0.25, -0.2) is 0 Å². The summed E-state index contributed by atoms with van der Waals surface area (Å²) in [6, 6.07) is 6.33. The monoisotopic (exact) mass is 161 g/mol. The van der Waals surface area contributed by atoms with E-state index in [2.05, 4.69) is 43.9 Å². The molecule has 1 nitrogen and oxygen atoms in total. The second-order valence-corrected chi connectivity index (χ2v) is 2.83. The molecule has 0 fully saturated rings. The molecule has 1 heteroatoms. The van der Waals surface area contributed by atoms with Gasteiger partial charge >= 0.3 is 0 Å². The van der Waals surface area contributed by atoms with E-state index in [1.54, 1.807) is 0 Å². The molecule has 0 saturated heterocycles. The van der Waals surface area contributed by atoms with Gasteiger partial charge in [0.1, 0.15) is 0 Å². The van der Waals surface area contributed by atoms with E-state index in [0.717, 1.165) is 12.2 Å². The molecule has 0 radical (unpaired) electrons. The second-order valence-electron chi connectivity index (χ2n) is 2.83. The van der Waals surface area contributed by atoms with Crippen LogP contribution in [0, 0.1) is 6.92 Å². The minimum absolute atomic E-state index is 0.948. The Morgan fingerprint density at radius 2 is 2.25 bits per heavy atom. The molecular weight excluding hydrogens is 146 g/mol. The molecular formula is C11H15N. The van der Waals surface area contributed by atoms with Crippen molar-refractivity contribution in [1.29, 1.82) is 0 Å². The molecule has 1 aromatic rings. The SMILES string of the molecule is C=Cc1cc(C)ccc1NCC. The van der Waals surface area contributed by atoms with Crippen molar-refractivity contribution in [3.63, 3.8) is 0 Å². The van der Waals surface area contributed by atoms with Crippen LogP contribution >= 0.6 is 0 Å². The first-order valence-electron chi connectivity index (χ1n) is 4.25. The first kappa shape index (κ1) is 8.85. The van der Waals surface area contributed by atoms with E-state index < -0.39 is 0 Å². The summed E-state index contributed by atoms with van der Waals surface area (Å²) in [5.41, 5.74) is 3.61. The molecule has 12 heavy (non-hydrogen) atoms. The molecule has 0 saturated carbocycles. The highest BCUT2D eigenvalue weighted by Crippen LogP contribution is 2.17. The Morgan fingerprint density at radius 1 is 1.50 bits per heavy atom. The number of rotatable bonds is 3. The number of anilines is 1. The van der Waals surface area contributed by atoms with Gasteiger partial charge < -0.3 is 5.32 Å². The van der Waals surface area contributed by atoms with Gasteiger partial charge in [0.15, 0.2) is 0 Å². The Morgan fingerprint density at radius 3 is 2.83 bits per heavy atom. The third-order valence-electron chi connectivity index (χ3n) is 1.79. The quantitative estimate of drug-likeness (QED) is 0.718. The Labute approximate surface area is 74.1 Å². The molecule has 0 atom stereocenters. The van der Waals surface area contributed by atoms with Gasteiger partial charge in [0.05, 0.1) is 0 Å². The van der Waals surface area contributed by atoms with Gasteiger partial charge in [-0.1, -0.05) is 24.3 Å². The van der Waals surface area contributed by atoms with Gasteiger partial charge in [-0.2, -0.15) is 0 Å². The van der Waals surface area contributed by atoms with E-state index in [1.165, 1.54) is 11.1 Å². The molecule has 0 aliphatic heterocycles. The molecule has 0 aromatic heterocycles. The van der Waals surface area contributed by atoms with Crippen LogP contribution in [0.2, 0.25) is 0 Å². The van der Waals surface area contributed by atoms with Crippen LogP contribution in [0.25, 0.3) is 6.08 Å². The van der Waals surface area contributed by atoms with Crippen molar-refractivity contribution in [2.45, 2.75) is 13.8 Å². The van der Waals surface area contributed by atoms with Crippen molar-refractivity contribution in [3.8, 4) is 0 Å². The number of benzene rings is 1. The fourth-order valence-electron chi connectivity index (χ4n) is 1.20. The first-order chi connectivity index (χ1) is 5.77. The Balaban J connectivity index is 3.02. The maximum Gasteiger partial charge on any atom is 0.0413 e. The molecule has 1 N–H and O–H groups in total. The Kier molecular flexibility index (Phi) is 2.92. The third-order valence-corrected chi connectivity index (χ3v) is 1.79. The van der Waals surface area contributed by atoms with Crippen LogP contribution in [0.4, 0.5) is 5.69 Å². The molecule has 1 aromatic carbocycles. The normalized spacial score (nSPS) is 9.50. The highest BCUT2D eigenvalue weighted by Gasteiger charge is 1.96. The van der Waals surface area contributed by atoms with Gasteiger partial charge in [0.2, 0.25) is 0 Å². The van der Waals surface area contributed by atoms with Crippen molar-refractivity contribution in [3.05, 3.63) is 35.9 Å². The lowest BCUT2D eigenvalue weighted by Gasteiger charge is -2.07. The van der Waals surface area contributed by atoms with E-state index in [0.29, 0.717) is 0 Å². The molecule has 0 aliphatic carbocycles. The van der Waals surface area contributed by atoms with E-state index in [9.17, 15) is 0 Å². The summed E-state index contributed by atoms with van der Waals surface area (Å²) >= 11 is 0. The van der Waals surface area contributed by atoms with E-state index >= 15 is 0 Å². The Bertz CT molecular complexity index is 276. The molecule has 0 bridgehead atoms. The summed E-state index contributed by atoms with van der Waals surface area (Å²) in [6.45, 7) is 8.90. The molecule has 1 rings (SSSR count). The molecule has 0 spiro atoms. The summed E-state index contributed by atoms with van der Waals surface area (Å²) < 4.78 is 0. The minimum atomic E-state index is 0.948. The number of nitrogens with one attached hydrogen (secondary N) is 1. The van der Waals surface area contributed by atoms with Crippen LogP contribution in [0.15, 0.2) is 24.8 Å². The largest absolute Gasteiger partial charge is 0.385 e. The third kappa shape index (κ3) is 1.88. The van der Waals surface area contributed by atoms with Gasteiger partial charge in [-0.3, -0.25) is 0 Å². The van der Waals surface area contributed by atoms with Gasteiger partial charge in [-0.05, 0) is 31.5 Å². The van der Waals surface area contributed by atoms with Crippen LogP contribution < -0.4 is 5.32 Å². The van der Waals surface area contributed by atoms with Crippen molar-refractivity contribution in [2.75, 3.05) is 11.9 Å². The van der Waals surface area contributed by atoms with Crippen molar-refractivity contribution in [2.24, 2.45) is 0 Å². The first-order valence-corrected chi connectivity index (χ1v) is 4.25. The molecule has 0 aliphatic rings. The van der Waals surface area contributed by atoms with Crippen LogP contribution in [-0.2, 0) is 0 Å².